The Kier molecular flexibility index (Phi) is 6.99. The number of esters is 2. The van der Waals surface area contributed by atoms with Crippen LogP contribution >= 0.6 is 0 Å². The van der Waals surface area contributed by atoms with Crippen LogP contribution in [0.15, 0.2) is 66.9 Å². The van der Waals surface area contributed by atoms with Gasteiger partial charge in [0.2, 0.25) is 0 Å². The SMILES string of the molecule is CCOC(=O)CCCOC(=O)/C=C/c1cccc(-c2ccc3ccc4cccnc4c3n2)n1. The number of benzene rings is 1. The lowest BCUT2D eigenvalue weighted by Gasteiger charge is -2.06. The lowest BCUT2D eigenvalue weighted by Crippen LogP contribution is -2.07. The molecule has 33 heavy (non-hydrogen) atoms. The quantitative estimate of drug-likeness (QED) is 0.169. The van der Waals surface area contributed by atoms with Gasteiger partial charge in [-0.1, -0.05) is 30.3 Å². The van der Waals surface area contributed by atoms with Crippen molar-refractivity contribution in [1.82, 2.24) is 15.0 Å². The Morgan fingerprint density at radius 2 is 1.67 bits per heavy atom. The molecule has 0 aliphatic rings. The van der Waals surface area contributed by atoms with E-state index in [-0.39, 0.29) is 19.0 Å². The first kappa shape index (κ1) is 22.1. The molecule has 0 radical (unpaired) electrons. The first-order valence-electron chi connectivity index (χ1n) is 10.8. The summed E-state index contributed by atoms with van der Waals surface area (Å²) in [5, 5.41) is 2.03. The average Bonchev–Trinajstić information content (AvgIpc) is 2.85. The second kappa shape index (κ2) is 10.5. The van der Waals surface area contributed by atoms with Gasteiger partial charge >= 0.3 is 11.9 Å². The number of hydrogen-bond donors (Lipinski definition) is 0. The summed E-state index contributed by atoms with van der Waals surface area (Å²) in [6, 6.07) is 17.4. The van der Waals surface area contributed by atoms with Gasteiger partial charge in [0.15, 0.2) is 0 Å². The van der Waals surface area contributed by atoms with Gasteiger partial charge in [-0.15, -0.1) is 0 Å². The zero-order chi connectivity index (χ0) is 23.0. The molecule has 0 bridgehead atoms. The van der Waals surface area contributed by atoms with Crippen molar-refractivity contribution in [3.8, 4) is 11.4 Å². The number of carbonyl (C=O) groups excluding carboxylic acids is 2. The largest absolute Gasteiger partial charge is 0.466 e. The van der Waals surface area contributed by atoms with Crippen molar-refractivity contribution < 1.29 is 19.1 Å². The normalized spacial score (nSPS) is 11.2. The van der Waals surface area contributed by atoms with Gasteiger partial charge in [0.25, 0.3) is 0 Å². The predicted molar refractivity (Wildman–Crippen MR) is 126 cm³/mol. The van der Waals surface area contributed by atoms with Crippen molar-refractivity contribution in [3.63, 3.8) is 0 Å². The van der Waals surface area contributed by atoms with Crippen LogP contribution < -0.4 is 0 Å². The predicted octanol–water partition coefficient (Wildman–Crippen LogP) is 4.74. The molecule has 0 aliphatic heterocycles. The molecule has 0 saturated carbocycles. The topological polar surface area (TPSA) is 91.3 Å². The monoisotopic (exact) mass is 441 g/mol. The van der Waals surface area contributed by atoms with Crippen LogP contribution in [0.4, 0.5) is 0 Å². The second-order valence-electron chi connectivity index (χ2n) is 7.27. The fourth-order valence-corrected chi connectivity index (χ4v) is 3.38. The summed E-state index contributed by atoms with van der Waals surface area (Å²) < 4.78 is 9.95. The molecule has 0 unspecified atom stereocenters. The molecule has 7 nitrogen and oxygen atoms in total. The first-order valence-corrected chi connectivity index (χ1v) is 10.8. The zero-order valence-corrected chi connectivity index (χ0v) is 18.2. The molecular formula is C26H23N3O4. The molecule has 0 N–H and O–H groups in total. The van der Waals surface area contributed by atoms with E-state index < -0.39 is 5.97 Å². The van der Waals surface area contributed by atoms with E-state index >= 15 is 0 Å². The third-order valence-electron chi connectivity index (χ3n) is 4.93. The Hall–Kier alpha value is -4.13. The maximum Gasteiger partial charge on any atom is 0.330 e. The van der Waals surface area contributed by atoms with E-state index in [2.05, 4.69) is 9.97 Å². The molecule has 0 amide bonds. The molecule has 4 rings (SSSR count). The van der Waals surface area contributed by atoms with Crippen molar-refractivity contribution >= 4 is 39.8 Å². The molecule has 3 heterocycles. The van der Waals surface area contributed by atoms with E-state index in [1.807, 2.05) is 48.5 Å². The Labute approximate surface area is 191 Å². The summed E-state index contributed by atoms with van der Waals surface area (Å²) in [6.07, 6.45) is 5.31. The van der Waals surface area contributed by atoms with Gasteiger partial charge in [-0.3, -0.25) is 9.78 Å². The number of rotatable bonds is 8. The third-order valence-corrected chi connectivity index (χ3v) is 4.93. The molecule has 4 aromatic rings. The fourth-order valence-electron chi connectivity index (χ4n) is 3.38. The summed E-state index contributed by atoms with van der Waals surface area (Å²) in [6.45, 7) is 2.25. The van der Waals surface area contributed by atoms with Gasteiger partial charge < -0.3 is 9.47 Å². The van der Waals surface area contributed by atoms with Gasteiger partial charge in [0, 0.05) is 29.5 Å². The maximum absolute atomic E-state index is 11.9. The highest BCUT2D eigenvalue weighted by Crippen LogP contribution is 2.25. The average molecular weight is 441 g/mol. The van der Waals surface area contributed by atoms with Gasteiger partial charge in [-0.05, 0) is 43.7 Å². The summed E-state index contributed by atoms with van der Waals surface area (Å²) in [4.78, 5) is 37.1. The molecule has 3 aromatic heterocycles. The Balaban J connectivity index is 1.45. The number of nitrogens with zero attached hydrogens (tertiary/aromatic N) is 3. The van der Waals surface area contributed by atoms with Crippen molar-refractivity contribution in [2.24, 2.45) is 0 Å². The first-order chi connectivity index (χ1) is 16.1. The number of carbonyl (C=O) groups is 2. The summed E-state index contributed by atoms with van der Waals surface area (Å²) >= 11 is 0. The molecule has 0 saturated heterocycles. The van der Waals surface area contributed by atoms with Gasteiger partial charge in [0.1, 0.15) is 0 Å². The molecule has 166 valence electrons. The third kappa shape index (κ3) is 5.57. The molecule has 0 fully saturated rings. The van der Waals surface area contributed by atoms with Crippen molar-refractivity contribution in [2.45, 2.75) is 19.8 Å². The van der Waals surface area contributed by atoms with Crippen LogP contribution in [0.25, 0.3) is 39.3 Å². The lowest BCUT2D eigenvalue weighted by atomic mass is 10.1. The van der Waals surface area contributed by atoms with Crippen LogP contribution in [0.3, 0.4) is 0 Å². The number of aromatic nitrogens is 3. The van der Waals surface area contributed by atoms with Crippen molar-refractivity contribution in [1.29, 1.82) is 0 Å². The Morgan fingerprint density at radius 1 is 0.879 bits per heavy atom. The fraction of sp³-hybridized carbons (Fsp3) is 0.192. The van der Waals surface area contributed by atoms with E-state index in [9.17, 15) is 9.59 Å². The van der Waals surface area contributed by atoms with Crippen LogP contribution in [0.1, 0.15) is 25.5 Å². The zero-order valence-electron chi connectivity index (χ0n) is 18.2. The minimum atomic E-state index is -0.493. The highest BCUT2D eigenvalue weighted by atomic mass is 16.5. The second-order valence-corrected chi connectivity index (χ2v) is 7.27. The minimum absolute atomic E-state index is 0.151. The number of hydrogen-bond acceptors (Lipinski definition) is 7. The van der Waals surface area contributed by atoms with Gasteiger partial charge in [-0.25, -0.2) is 14.8 Å². The highest BCUT2D eigenvalue weighted by molar-refractivity contribution is 6.03. The molecular weight excluding hydrogens is 418 g/mol. The van der Waals surface area contributed by atoms with E-state index in [0.29, 0.717) is 24.4 Å². The number of pyridine rings is 3. The number of fused-ring (bicyclic) bond motifs is 3. The smallest absolute Gasteiger partial charge is 0.330 e. The Morgan fingerprint density at radius 3 is 2.52 bits per heavy atom. The van der Waals surface area contributed by atoms with E-state index in [1.165, 1.54) is 6.08 Å². The van der Waals surface area contributed by atoms with Gasteiger partial charge in [-0.2, -0.15) is 0 Å². The minimum Gasteiger partial charge on any atom is -0.466 e. The number of ether oxygens (including phenoxy) is 2. The molecule has 1 aromatic carbocycles. The highest BCUT2D eigenvalue weighted by Gasteiger charge is 2.08. The van der Waals surface area contributed by atoms with Crippen molar-refractivity contribution in [2.75, 3.05) is 13.2 Å². The summed E-state index contributed by atoms with van der Waals surface area (Å²) in [5.74, 6) is -0.788. The summed E-state index contributed by atoms with van der Waals surface area (Å²) in [7, 11) is 0. The van der Waals surface area contributed by atoms with Crippen LogP contribution in [0, 0.1) is 0 Å². The Bertz CT molecular complexity index is 1330. The van der Waals surface area contributed by atoms with Crippen LogP contribution in [0.2, 0.25) is 0 Å². The maximum atomic E-state index is 11.9. The molecule has 0 spiro atoms. The van der Waals surface area contributed by atoms with Crippen LogP contribution in [0.5, 0.6) is 0 Å². The van der Waals surface area contributed by atoms with Gasteiger partial charge in [0.05, 0.1) is 41.3 Å². The summed E-state index contributed by atoms with van der Waals surface area (Å²) in [5.41, 5.74) is 3.68. The van der Waals surface area contributed by atoms with Crippen LogP contribution in [-0.4, -0.2) is 40.1 Å². The molecule has 0 atom stereocenters. The van der Waals surface area contributed by atoms with E-state index in [0.717, 1.165) is 27.5 Å². The van der Waals surface area contributed by atoms with E-state index in [1.54, 1.807) is 25.3 Å². The molecule has 7 heteroatoms. The van der Waals surface area contributed by atoms with Crippen LogP contribution in [-0.2, 0) is 19.1 Å². The van der Waals surface area contributed by atoms with E-state index in [4.69, 9.17) is 14.5 Å². The lowest BCUT2D eigenvalue weighted by molar-refractivity contribution is -0.145. The standard InChI is InChI=1S/C26H23N3O4/c1-2-32-23(30)9-5-17-33-24(31)15-13-20-7-3-8-21(28-20)22-14-12-19-11-10-18-6-4-16-27-25(18)26(19)29-22/h3-4,6-8,10-16H,2,5,9,17H2,1H3/b15-13+. The van der Waals surface area contributed by atoms with Crippen molar-refractivity contribution in [3.05, 3.63) is 72.6 Å². The molecule has 0 aliphatic carbocycles.